The van der Waals surface area contributed by atoms with Crippen molar-refractivity contribution >= 4 is 22.5 Å². The van der Waals surface area contributed by atoms with E-state index in [1.165, 1.54) is 5.69 Å². The summed E-state index contributed by atoms with van der Waals surface area (Å²) in [6.07, 6.45) is 0.750. The van der Waals surface area contributed by atoms with Gasteiger partial charge in [0.25, 0.3) is 0 Å². The highest BCUT2D eigenvalue weighted by molar-refractivity contribution is 5.95. The third-order valence-electron chi connectivity index (χ3n) is 5.20. The molecule has 5 rings (SSSR count). The van der Waals surface area contributed by atoms with Gasteiger partial charge in [-0.3, -0.25) is 9.58 Å². The van der Waals surface area contributed by atoms with Crippen LogP contribution < -0.4 is 10.5 Å². The molecule has 3 aromatic heterocycles. The molecule has 28 heavy (non-hydrogen) atoms. The average Bonchev–Trinajstić information content (AvgIpc) is 3.28. The number of ether oxygens (including phenoxy) is 1. The van der Waals surface area contributed by atoms with Crippen molar-refractivity contribution in [2.45, 2.75) is 26.4 Å². The van der Waals surface area contributed by atoms with Crippen molar-refractivity contribution in [3.8, 4) is 5.75 Å². The van der Waals surface area contributed by atoms with Crippen LogP contribution in [0.3, 0.4) is 0 Å². The van der Waals surface area contributed by atoms with Gasteiger partial charge in [-0.1, -0.05) is 6.07 Å². The van der Waals surface area contributed by atoms with Gasteiger partial charge in [0, 0.05) is 31.4 Å². The maximum atomic E-state index is 6.13. The van der Waals surface area contributed by atoms with Gasteiger partial charge in [0.05, 0.1) is 25.0 Å². The van der Waals surface area contributed by atoms with Crippen LogP contribution in [0.1, 0.15) is 17.2 Å². The van der Waals surface area contributed by atoms with Gasteiger partial charge in [-0.15, -0.1) is 5.10 Å². The number of para-hydroxylation sites is 1. The first-order chi connectivity index (χ1) is 13.6. The largest absolute Gasteiger partial charge is 0.494 e. The fraction of sp³-hybridized carbons (Fsp3) is 0.368. The minimum Gasteiger partial charge on any atom is -0.494 e. The highest BCUT2D eigenvalue weighted by Crippen LogP contribution is 2.27. The number of aromatic nitrogens is 6. The van der Waals surface area contributed by atoms with E-state index in [1.54, 1.807) is 11.6 Å². The van der Waals surface area contributed by atoms with Gasteiger partial charge in [-0.25, -0.2) is 9.97 Å². The highest BCUT2D eigenvalue weighted by atomic mass is 16.5. The molecule has 9 nitrogen and oxygen atoms in total. The number of hydrogen-bond donors (Lipinski definition) is 1. The van der Waals surface area contributed by atoms with Crippen LogP contribution in [0, 0.1) is 6.92 Å². The number of anilines is 1. The van der Waals surface area contributed by atoms with E-state index in [0.717, 1.165) is 49.5 Å². The summed E-state index contributed by atoms with van der Waals surface area (Å²) in [6, 6.07) is 7.91. The van der Waals surface area contributed by atoms with E-state index >= 15 is 0 Å². The Labute approximate surface area is 161 Å². The topological polar surface area (TPSA) is 99.4 Å². The van der Waals surface area contributed by atoms with Gasteiger partial charge in [0.15, 0.2) is 11.5 Å². The first kappa shape index (κ1) is 16.9. The number of benzene rings is 1. The average molecular weight is 378 g/mol. The van der Waals surface area contributed by atoms with Crippen molar-refractivity contribution in [3.05, 3.63) is 41.5 Å². The van der Waals surface area contributed by atoms with Crippen molar-refractivity contribution in [2.75, 3.05) is 25.9 Å². The van der Waals surface area contributed by atoms with Gasteiger partial charge in [0.2, 0.25) is 5.95 Å². The molecular weight excluding hydrogens is 356 g/mol. The molecule has 0 saturated heterocycles. The molecule has 0 radical (unpaired) electrons. The Morgan fingerprint density at radius 3 is 2.93 bits per heavy atom. The molecule has 4 aromatic rings. The summed E-state index contributed by atoms with van der Waals surface area (Å²) < 4.78 is 9.12. The molecule has 0 bridgehead atoms. The summed E-state index contributed by atoms with van der Waals surface area (Å²) in [6.45, 7) is 5.72. The van der Waals surface area contributed by atoms with Crippen molar-refractivity contribution in [1.29, 1.82) is 0 Å². The monoisotopic (exact) mass is 378 g/mol. The molecule has 1 aliphatic rings. The second-order valence-electron chi connectivity index (χ2n) is 7.12. The third kappa shape index (κ3) is 2.75. The Morgan fingerprint density at radius 1 is 1.18 bits per heavy atom. The number of nitrogens with zero attached hydrogens (tertiary/aromatic N) is 7. The van der Waals surface area contributed by atoms with Crippen LogP contribution in [0.5, 0.6) is 5.75 Å². The lowest BCUT2D eigenvalue weighted by molar-refractivity contribution is 0.214. The maximum absolute atomic E-state index is 6.13. The van der Waals surface area contributed by atoms with Crippen LogP contribution >= 0.6 is 0 Å². The van der Waals surface area contributed by atoms with Crippen LogP contribution in [-0.4, -0.2) is 54.5 Å². The Kier molecular flexibility index (Phi) is 3.90. The van der Waals surface area contributed by atoms with Crippen molar-refractivity contribution in [1.82, 2.24) is 34.3 Å². The minimum atomic E-state index is 0.308. The molecule has 1 aromatic carbocycles. The lowest BCUT2D eigenvalue weighted by atomic mass is 10.2. The maximum Gasteiger partial charge on any atom is 0.223 e. The molecule has 0 fully saturated rings. The summed E-state index contributed by atoms with van der Waals surface area (Å²) in [4.78, 5) is 11.6. The fourth-order valence-electron chi connectivity index (χ4n) is 3.85. The Bertz CT molecular complexity index is 1180. The molecule has 4 heterocycles. The molecule has 2 N–H and O–H groups in total. The van der Waals surface area contributed by atoms with Crippen LogP contribution in [0.2, 0.25) is 0 Å². The zero-order valence-corrected chi connectivity index (χ0v) is 16.0. The zero-order valence-electron chi connectivity index (χ0n) is 16.0. The number of hydrogen-bond acceptors (Lipinski definition) is 7. The number of nitrogen functional groups attached to an aromatic ring is 1. The first-order valence-corrected chi connectivity index (χ1v) is 9.36. The SMILES string of the molecule is COc1cccc2c1nc(N)n1nc(CCN3CCn4nc(C)cc4C3)nc21. The Hall–Kier alpha value is -3.20. The number of methoxy groups -OCH3 is 1. The summed E-state index contributed by atoms with van der Waals surface area (Å²) >= 11 is 0. The minimum absolute atomic E-state index is 0.308. The van der Waals surface area contributed by atoms with Crippen LogP contribution in [0.15, 0.2) is 24.3 Å². The summed E-state index contributed by atoms with van der Waals surface area (Å²) in [7, 11) is 1.62. The normalized spacial score (nSPS) is 14.6. The predicted molar refractivity (Wildman–Crippen MR) is 105 cm³/mol. The molecule has 144 valence electrons. The number of nitrogens with two attached hydrogens (primary N) is 1. The van der Waals surface area contributed by atoms with E-state index in [2.05, 4.69) is 30.8 Å². The van der Waals surface area contributed by atoms with E-state index in [0.29, 0.717) is 22.9 Å². The van der Waals surface area contributed by atoms with Crippen molar-refractivity contribution in [3.63, 3.8) is 0 Å². The lowest BCUT2D eigenvalue weighted by Gasteiger charge is -2.26. The molecule has 0 amide bonds. The van der Waals surface area contributed by atoms with Gasteiger partial charge in [-0.2, -0.15) is 9.61 Å². The van der Waals surface area contributed by atoms with Crippen LogP contribution in [0.25, 0.3) is 16.6 Å². The van der Waals surface area contributed by atoms with Crippen molar-refractivity contribution < 1.29 is 4.74 Å². The third-order valence-corrected chi connectivity index (χ3v) is 5.20. The second-order valence-corrected chi connectivity index (χ2v) is 7.12. The zero-order chi connectivity index (χ0) is 19.3. The van der Waals surface area contributed by atoms with E-state index in [1.807, 2.05) is 25.1 Å². The van der Waals surface area contributed by atoms with Gasteiger partial charge >= 0.3 is 0 Å². The Balaban J connectivity index is 1.41. The summed E-state index contributed by atoms with van der Waals surface area (Å²) in [5, 5.41) is 9.98. The highest BCUT2D eigenvalue weighted by Gasteiger charge is 2.19. The van der Waals surface area contributed by atoms with Crippen LogP contribution in [-0.2, 0) is 19.5 Å². The second kappa shape index (κ2) is 6.45. The molecule has 0 saturated carbocycles. The predicted octanol–water partition coefficient (Wildman–Crippen LogP) is 1.43. The van der Waals surface area contributed by atoms with E-state index in [-0.39, 0.29) is 0 Å². The van der Waals surface area contributed by atoms with E-state index in [9.17, 15) is 0 Å². The van der Waals surface area contributed by atoms with Gasteiger partial charge in [-0.05, 0) is 25.1 Å². The smallest absolute Gasteiger partial charge is 0.223 e. The fourth-order valence-corrected chi connectivity index (χ4v) is 3.85. The molecule has 9 heteroatoms. The number of aryl methyl sites for hydroxylation is 1. The Morgan fingerprint density at radius 2 is 2.07 bits per heavy atom. The quantitative estimate of drug-likeness (QED) is 0.573. The summed E-state index contributed by atoms with van der Waals surface area (Å²) in [5.41, 5.74) is 9.88. The molecule has 0 spiro atoms. The van der Waals surface area contributed by atoms with Crippen molar-refractivity contribution in [2.24, 2.45) is 0 Å². The molecule has 0 aliphatic carbocycles. The van der Waals surface area contributed by atoms with Gasteiger partial charge in [0.1, 0.15) is 11.3 Å². The first-order valence-electron chi connectivity index (χ1n) is 9.36. The molecule has 0 unspecified atom stereocenters. The lowest BCUT2D eigenvalue weighted by Crippen LogP contribution is -2.35. The van der Waals surface area contributed by atoms with Gasteiger partial charge < -0.3 is 10.5 Å². The molecule has 1 aliphatic heterocycles. The van der Waals surface area contributed by atoms with E-state index < -0.39 is 0 Å². The standard InChI is InChI=1S/C19H22N8O/c1-12-10-13-11-25(8-9-26(13)23-12)7-6-16-21-18-14-4-3-5-15(28-2)17(14)22-19(20)27(18)24-16/h3-5,10H,6-9,11H2,1-2H3,(H2,20,22). The molecule has 0 atom stereocenters. The number of rotatable bonds is 4. The summed E-state index contributed by atoms with van der Waals surface area (Å²) in [5.74, 6) is 1.75. The van der Waals surface area contributed by atoms with Crippen LogP contribution in [0.4, 0.5) is 5.95 Å². The van der Waals surface area contributed by atoms with E-state index in [4.69, 9.17) is 15.5 Å². The molecular formula is C19H22N8O. The number of fused-ring (bicyclic) bond motifs is 4.